The van der Waals surface area contributed by atoms with E-state index in [0.29, 0.717) is 13.2 Å². The highest BCUT2D eigenvalue weighted by molar-refractivity contribution is 7.07. The first-order chi connectivity index (χ1) is 13.7. The minimum absolute atomic E-state index is 0.107. The van der Waals surface area contributed by atoms with E-state index in [1.807, 2.05) is 25.3 Å². The zero-order valence-corrected chi connectivity index (χ0v) is 16.9. The summed E-state index contributed by atoms with van der Waals surface area (Å²) < 4.78 is 16.9. The Labute approximate surface area is 169 Å². The van der Waals surface area contributed by atoms with Crippen molar-refractivity contribution < 1.29 is 14.2 Å². The second-order valence-electron chi connectivity index (χ2n) is 6.78. The number of nitrogens with one attached hydrogen (secondary N) is 1. The molecule has 1 unspecified atom stereocenters. The second-order valence-corrected chi connectivity index (χ2v) is 7.56. The van der Waals surface area contributed by atoms with Crippen LogP contribution in [0, 0.1) is 6.92 Å². The molecule has 146 valence electrons. The van der Waals surface area contributed by atoms with E-state index in [1.54, 1.807) is 11.3 Å². The first-order valence-corrected chi connectivity index (χ1v) is 10.4. The van der Waals surface area contributed by atoms with E-state index in [4.69, 9.17) is 14.2 Å². The summed E-state index contributed by atoms with van der Waals surface area (Å²) >= 11 is 1.72. The number of ether oxygens (including phenoxy) is 3. The van der Waals surface area contributed by atoms with Gasteiger partial charge >= 0.3 is 0 Å². The molecule has 1 N–H and O–H groups in total. The summed E-state index contributed by atoms with van der Waals surface area (Å²) in [6.45, 7) is 5.54. The minimum atomic E-state index is 0.107. The van der Waals surface area contributed by atoms with E-state index in [9.17, 15) is 0 Å². The van der Waals surface area contributed by atoms with Crippen molar-refractivity contribution in [2.45, 2.75) is 32.9 Å². The van der Waals surface area contributed by atoms with E-state index in [0.717, 1.165) is 40.5 Å². The van der Waals surface area contributed by atoms with Crippen molar-refractivity contribution in [3.8, 4) is 17.2 Å². The number of nitrogens with zero attached hydrogens (tertiary/aromatic N) is 1. The lowest BCUT2D eigenvalue weighted by Gasteiger charge is -2.20. The van der Waals surface area contributed by atoms with E-state index in [2.05, 4.69) is 46.2 Å². The molecule has 0 spiro atoms. The van der Waals surface area contributed by atoms with Crippen molar-refractivity contribution in [1.82, 2.24) is 10.3 Å². The van der Waals surface area contributed by atoms with Gasteiger partial charge in [0.15, 0.2) is 11.5 Å². The second kappa shape index (κ2) is 8.63. The summed E-state index contributed by atoms with van der Waals surface area (Å²) in [4.78, 5) is 4.65. The Kier molecular flexibility index (Phi) is 5.78. The van der Waals surface area contributed by atoms with Crippen LogP contribution in [0.2, 0.25) is 0 Å². The highest BCUT2D eigenvalue weighted by atomic mass is 32.1. The normalized spacial score (nSPS) is 13.5. The molecular formula is C22H24N2O3S. The molecule has 6 heteroatoms. The molecule has 1 aliphatic heterocycles. The van der Waals surface area contributed by atoms with Gasteiger partial charge < -0.3 is 19.5 Å². The number of rotatable bonds is 8. The predicted molar refractivity (Wildman–Crippen MR) is 110 cm³/mol. The Balaban J connectivity index is 1.56. The summed E-state index contributed by atoms with van der Waals surface area (Å²) in [5.74, 6) is 2.33. The van der Waals surface area contributed by atoms with Gasteiger partial charge in [-0.25, -0.2) is 0 Å². The van der Waals surface area contributed by atoms with Crippen LogP contribution in [0.25, 0.3) is 0 Å². The van der Waals surface area contributed by atoms with Crippen molar-refractivity contribution in [3.63, 3.8) is 0 Å². The Morgan fingerprint density at radius 1 is 1.21 bits per heavy atom. The SMILES string of the molecule is CCOc1cc2c(cc1CNC(Cc1ccsc1)c1ccc(C)cn1)OCO2. The third-order valence-corrected chi connectivity index (χ3v) is 5.44. The highest BCUT2D eigenvalue weighted by Gasteiger charge is 2.20. The van der Waals surface area contributed by atoms with Crippen LogP contribution in [0.5, 0.6) is 17.2 Å². The van der Waals surface area contributed by atoms with Gasteiger partial charge in [0.2, 0.25) is 6.79 Å². The zero-order chi connectivity index (χ0) is 19.3. The fourth-order valence-corrected chi connectivity index (χ4v) is 3.92. The molecule has 1 aromatic carbocycles. The number of hydrogen-bond donors (Lipinski definition) is 1. The maximum Gasteiger partial charge on any atom is 0.231 e. The van der Waals surface area contributed by atoms with E-state index >= 15 is 0 Å². The number of thiophene rings is 1. The Hall–Kier alpha value is -2.57. The van der Waals surface area contributed by atoms with Crippen LogP contribution >= 0.6 is 11.3 Å². The molecule has 0 fully saturated rings. The molecule has 0 saturated heterocycles. The van der Waals surface area contributed by atoms with E-state index in [-0.39, 0.29) is 12.8 Å². The number of aryl methyl sites for hydroxylation is 1. The highest BCUT2D eigenvalue weighted by Crippen LogP contribution is 2.38. The molecular weight excluding hydrogens is 372 g/mol. The van der Waals surface area contributed by atoms with Crippen molar-refractivity contribution in [2.75, 3.05) is 13.4 Å². The predicted octanol–water partition coefficient (Wildman–Crippen LogP) is 4.65. The molecule has 0 saturated carbocycles. The average molecular weight is 397 g/mol. The fourth-order valence-electron chi connectivity index (χ4n) is 3.24. The van der Waals surface area contributed by atoms with Gasteiger partial charge in [0.1, 0.15) is 5.75 Å². The first kappa shape index (κ1) is 18.8. The summed E-state index contributed by atoms with van der Waals surface area (Å²) in [6, 6.07) is 10.4. The van der Waals surface area contributed by atoms with Crippen molar-refractivity contribution >= 4 is 11.3 Å². The van der Waals surface area contributed by atoms with Crippen LogP contribution in [0.1, 0.15) is 35.3 Å². The van der Waals surface area contributed by atoms with Crippen LogP contribution in [-0.2, 0) is 13.0 Å². The van der Waals surface area contributed by atoms with Gasteiger partial charge in [-0.05, 0) is 60.4 Å². The Morgan fingerprint density at radius 2 is 2.07 bits per heavy atom. The molecule has 1 aliphatic rings. The third kappa shape index (κ3) is 4.29. The standard InChI is InChI=1S/C22H24N2O3S/c1-3-25-20-10-22-21(26-14-27-22)9-17(20)12-24-19(8-16-6-7-28-13-16)18-5-4-15(2)11-23-18/h4-7,9-11,13,19,24H,3,8,12,14H2,1-2H3. The summed E-state index contributed by atoms with van der Waals surface area (Å²) in [6.07, 6.45) is 2.80. The average Bonchev–Trinajstić information content (AvgIpc) is 3.37. The monoisotopic (exact) mass is 396 g/mol. The lowest BCUT2D eigenvalue weighted by atomic mass is 10.0. The van der Waals surface area contributed by atoms with E-state index in [1.165, 1.54) is 5.56 Å². The van der Waals surface area contributed by atoms with Crippen LogP contribution in [0.4, 0.5) is 0 Å². The van der Waals surface area contributed by atoms with Gasteiger partial charge in [-0.2, -0.15) is 11.3 Å². The summed E-state index contributed by atoms with van der Waals surface area (Å²) in [7, 11) is 0. The molecule has 1 atom stereocenters. The molecule has 3 heterocycles. The van der Waals surface area contributed by atoms with Crippen molar-refractivity contribution in [1.29, 1.82) is 0 Å². The quantitative estimate of drug-likeness (QED) is 0.600. The molecule has 4 rings (SSSR count). The van der Waals surface area contributed by atoms with Gasteiger partial charge in [0, 0.05) is 24.4 Å². The number of hydrogen-bond acceptors (Lipinski definition) is 6. The van der Waals surface area contributed by atoms with Gasteiger partial charge in [-0.15, -0.1) is 0 Å². The minimum Gasteiger partial charge on any atom is -0.493 e. The molecule has 2 aromatic heterocycles. The van der Waals surface area contributed by atoms with Gasteiger partial charge in [-0.1, -0.05) is 6.07 Å². The molecule has 0 radical (unpaired) electrons. The number of pyridine rings is 1. The molecule has 0 amide bonds. The lowest BCUT2D eigenvalue weighted by molar-refractivity contribution is 0.173. The van der Waals surface area contributed by atoms with Crippen LogP contribution < -0.4 is 19.5 Å². The van der Waals surface area contributed by atoms with Crippen molar-refractivity contribution in [3.05, 3.63) is 69.7 Å². The molecule has 0 aliphatic carbocycles. The fraction of sp³-hybridized carbons (Fsp3) is 0.318. The van der Waals surface area contributed by atoms with Crippen LogP contribution in [0.3, 0.4) is 0 Å². The third-order valence-electron chi connectivity index (χ3n) is 4.71. The van der Waals surface area contributed by atoms with Gasteiger partial charge in [0.05, 0.1) is 18.3 Å². The van der Waals surface area contributed by atoms with E-state index < -0.39 is 0 Å². The molecule has 28 heavy (non-hydrogen) atoms. The number of aromatic nitrogens is 1. The summed E-state index contributed by atoms with van der Waals surface area (Å²) in [5.41, 5.74) is 4.55. The van der Waals surface area contributed by atoms with Gasteiger partial charge in [0.25, 0.3) is 0 Å². The summed E-state index contributed by atoms with van der Waals surface area (Å²) in [5, 5.41) is 7.97. The lowest BCUT2D eigenvalue weighted by Crippen LogP contribution is -2.24. The zero-order valence-electron chi connectivity index (χ0n) is 16.1. The Bertz CT molecular complexity index is 910. The largest absolute Gasteiger partial charge is 0.493 e. The smallest absolute Gasteiger partial charge is 0.231 e. The maximum atomic E-state index is 5.83. The topological polar surface area (TPSA) is 52.6 Å². The van der Waals surface area contributed by atoms with Crippen molar-refractivity contribution in [2.24, 2.45) is 0 Å². The van der Waals surface area contributed by atoms with Crippen LogP contribution in [-0.4, -0.2) is 18.4 Å². The number of fused-ring (bicyclic) bond motifs is 1. The Morgan fingerprint density at radius 3 is 2.79 bits per heavy atom. The maximum absolute atomic E-state index is 5.83. The van der Waals surface area contributed by atoms with Gasteiger partial charge in [-0.3, -0.25) is 4.98 Å². The van der Waals surface area contributed by atoms with Crippen LogP contribution in [0.15, 0.2) is 47.3 Å². The molecule has 3 aromatic rings. The first-order valence-electron chi connectivity index (χ1n) is 9.45. The molecule has 0 bridgehead atoms. The molecule has 5 nitrogen and oxygen atoms in total. The number of benzene rings is 1.